The number of ether oxygens (including phenoxy) is 2. The summed E-state index contributed by atoms with van der Waals surface area (Å²) in [6.45, 7) is 5.25. The van der Waals surface area contributed by atoms with Crippen molar-refractivity contribution >= 4 is 5.69 Å². The fourth-order valence-electron chi connectivity index (χ4n) is 2.22. The molecule has 0 spiro atoms. The zero-order chi connectivity index (χ0) is 14.5. The highest BCUT2D eigenvalue weighted by molar-refractivity contribution is 5.56. The molecule has 20 heavy (non-hydrogen) atoms. The highest BCUT2D eigenvalue weighted by Gasteiger charge is 2.14. The summed E-state index contributed by atoms with van der Waals surface area (Å²) in [6.07, 6.45) is 0. The summed E-state index contributed by atoms with van der Waals surface area (Å²) in [5.41, 5.74) is 2.99. The molecule has 1 aromatic heterocycles. The molecule has 0 aliphatic carbocycles. The van der Waals surface area contributed by atoms with Crippen LogP contribution in [0.25, 0.3) is 0 Å². The van der Waals surface area contributed by atoms with Gasteiger partial charge in [0, 0.05) is 13.6 Å². The van der Waals surface area contributed by atoms with E-state index < -0.39 is 0 Å². The number of anilines is 1. The van der Waals surface area contributed by atoms with Crippen molar-refractivity contribution in [3.8, 4) is 11.6 Å². The number of hydrogen-bond acceptors (Lipinski definition) is 4. The molecule has 0 radical (unpaired) electrons. The second-order valence-electron chi connectivity index (χ2n) is 4.48. The van der Waals surface area contributed by atoms with Gasteiger partial charge in [-0.3, -0.25) is 0 Å². The summed E-state index contributed by atoms with van der Waals surface area (Å²) in [5.74, 6) is 1.64. The van der Waals surface area contributed by atoms with E-state index in [4.69, 9.17) is 9.47 Å². The van der Waals surface area contributed by atoms with Crippen molar-refractivity contribution in [3.05, 3.63) is 35.5 Å². The Hall–Kier alpha value is -2.17. The topological polar surface area (TPSA) is 48.3 Å². The van der Waals surface area contributed by atoms with Gasteiger partial charge in [-0.1, -0.05) is 12.1 Å². The number of benzene rings is 1. The van der Waals surface area contributed by atoms with Crippen LogP contribution in [-0.4, -0.2) is 23.5 Å². The molecule has 1 heterocycles. The van der Waals surface area contributed by atoms with Crippen molar-refractivity contribution in [1.29, 1.82) is 0 Å². The van der Waals surface area contributed by atoms with Crippen LogP contribution in [0, 0.1) is 6.92 Å². The third-order valence-corrected chi connectivity index (χ3v) is 3.12. The van der Waals surface area contributed by atoms with Gasteiger partial charge in [-0.2, -0.15) is 5.10 Å². The predicted octanol–water partition coefficient (Wildman–Crippen LogP) is 2.75. The molecule has 0 aliphatic heterocycles. The van der Waals surface area contributed by atoms with Crippen LogP contribution >= 0.6 is 0 Å². The third kappa shape index (κ3) is 2.87. The molecule has 2 rings (SSSR count). The Morgan fingerprint density at radius 3 is 2.75 bits per heavy atom. The monoisotopic (exact) mass is 275 g/mol. The van der Waals surface area contributed by atoms with Crippen LogP contribution in [0.1, 0.15) is 18.2 Å². The first-order chi connectivity index (χ1) is 9.67. The van der Waals surface area contributed by atoms with Crippen LogP contribution in [0.2, 0.25) is 0 Å². The van der Waals surface area contributed by atoms with Crippen molar-refractivity contribution in [2.45, 2.75) is 20.4 Å². The molecular weight excluding hydrogens is 254 g/mol. The zero-order valence-corrected chi connectivity index (χ0v) is 12.4. The first kappa shape index (κ1) is 14.2. The smallest absolute Gasteiger partial charge is 0.216 e. The maximum absolute atomic E-state index is 5.60. The number of para-hydroxylation sites is 2. The average molecular weight is 275 g/mol. The van der Waals surface area contributed by atoms with Gasteiger partial charge in [0.2, 0.25) is 5.88 Å². The fourth-order valence-corrected chi connectivity index (χ4v) is 2.22. The van der Waals surface area contributed by atoms with E-state index in [0.29, 0.717) is 13.2 Å². The van der Waals surface area contributed by atoms with Crippen LogP contribution in [0.4, 0.5) is 5.69 Å². The minimum Gasteiger partial charge on any atom is -0.492 e. The zero-order valence-electron chi connectivity index (χ0n) is 12.4. The normalized spacial score (nSPS) is 10.4. The summed E-state index contributed by atoms with van der Waals surface area (Å²) in [4.78, 5) is 0. The van der Waals surface area contributed by atoms with Gasteiger partial charge < -0.3 is 14.8 Å². The van der Waals surface area contributed by atoms with Gasteiger partial charge in [-0.05, 0) is 26.0 Å². The summed E-state index contributed by atoms with van der Waals surface area (Å²) >= 11 is 0. The fraction of sp³-hybridized carbons (Fsp3) is 0.400. The van der Waals surface area contributed by atoms with Gasteiger partial charge in [0.15, 0.2) is 0 Å². The van der Waals surface area contributed by atoms with Crippen molar-refractivity contribution in [1.82, 2.24) is 9.78 Å². The lowest BCUT2D eigenvalue weighted by Crippen LogP contribution is -2.04. The van der Waals surface area contributed by atoms with Crippen molar-refractivity contribution < 1.29 is 9.47 Å². The molecule has 0 unspecified atom stereocenters. The van der Waals surface area contributed by atoms with Crippen LogP contribution in [0.15, 0.2) is 24.3 Å². The summed E-state index contributed by atoms with van der Waals surface area (Å²) in [5, 5.41) is 7.76. The quantitative estimate of drug-likeness (QED) is 0.880. The van der Waals surface area contributed by atoms with Gasteiger partial charge in [0.1, 0.15) is 5.75 Å². The Bertz CT molecular complexity index is 578. The minimum atomic E-state index is 0.646. The van der Waals surface area contributed by atoms with E-state index >= 15 is 0 Å². The average Bonchev–Trinajstić information content (AvgIpc) is 2.71. The van der Waals surface area contributed by atoms with E-state index in [0.717, 1.165) is 28.6 Å². The number of nitrogens with zero attached hydrogens (tertiary/aromatic N) is 2. The lowest BCUT2D eigenvalue weighted by molar-refractivity contribution is 0.341. The number of nitrogens with one attached hydrogen (secondary N) is 1. The number of hydrogen-bond donors (Lipinski definition) is 1. The Morgan fingerprint density at radius 2 is 2.05 bits per heavy atom. The van der Waals surface area contributed by atoms with Crippen LogP contribution < -0.4 is 14.8 Å². The van der Waals surface area contributed by atoms with E-state index in [9.17, 15) is 0 Å². The lowest BCUT2D eigenvalue weighted by atomic mass is 10.2. The minimum absolute atomic E-state index is 0.646. The third-order valence-electron chi connectivity index (χ3n) is 3.12. The van der Waals surface area contributed by atoms with Gasteiger partial charge in [-0.15, -0.1) is 0 Å². The molecule has 0 saturated carbocycles. The van der Waals surface area contributed by atoms with E-state index in [1.165, 1.54) is 0 Å². The van der Waals surface area contributed by atoms with Crippen LogP contribution in [0.3, 0.4) is 0 Å². The molecule has 5 nitrogen and oxygen atoms in total. The van der Waals surface area contributed by atoms with Crippen molar-refractivity contribution in [3.63, 3.8) is 0 Å². The summed E-state index contributed by atoms with van der Waals surface area (Å²) in [6, 6.07) is 7.91. The van der Waals surface area contributed by atoms with Gasteiger partial charge in [-0.25, -0.2) is 4.68 Å². The van der Waals surface area contributed by atoms with Crippen LogP contribution in [-0.2, 0) is 13.6 Å². The molecule has 108 valence electrons. The van der Waals surface area contributed by atoms with Crippen LogP contribution in [0.5, 0.6) is 11.6 Å². The summed E-state index contributed by atoms with van der Waals surface area (Å²) < 4.78 is 12.7. The summed E-state index contributed by atoms with van der Waals surface area (Å²) in [7, 11) is 3.54. The standard InChI is InChI=1S/C15H21N3O2/c1-5-20-14-9-7-6-8-13(14)16-10-12-11(2)17-18(3)15(12)19-4/h6-9,16H,5,10H2,1-4H3. The van der Waals surface area contributed by atoms with Gasteiger partial charge in [0.25, 0.3) is 0 Å². The Balaban J connectivity index is 2.17. The van der Waals surface area contributed by atoms with E-state index in [1.807, 2.05) is 45.2 Å². The van der Waals surface area contributed by atoms with Gasteiger partial charge in [0.05, 0.1) is 30.7 Å². The van der Waals surface area contributed by atoms with E-state index in [1.54, 1.807) is 11.8 Å². The number of rotatable bonds is 6. The number of aromatic nitrogens is 2. The molecule has 0 amide bonds. The van der Waals surface area contributed by atoms with E-state index in [2.05, 4.69) is 10.4 Å². The molecular formula is C15H21N3O2. The molecule has 0 atom stereocenters. The van der Waals surface area contributed by atoms with Gasteiger partial charge >= 0.3 is 0 Å². The maximum Gasteiger partial charge on any atom is 0.216 e. The number of aryl methyl sites for hydroxylation is 2. The molecule has 1 aromatic carbocycles. The second kappa shape index (κ2) is 6.32. The Kier molecular flexibility index (Phi) is 4.50. The second-order valence-corrected chi connectivity index (χ2v) is 4.48. The molecule has 0 saturated heterocycles. The highest BCUT2D eigenvalue weighted by Crippen LogP contribution is 2.27. The molecule has 2 aromatic rings. The molecule has 5 heteroatoms. The Labute approximate surface area is 119 Å². The molecule has 0 bridgehead atoms. The highest BCUT2D eigenvalue weighted by atomic mass is 16.5. The molecule has 0 aliphatic rings. The molecule has 1 N–H and O–H groups in total. The van der Waals surface area contributed by atoms with Crippen molar-refractivity contribution in [2.24, 2.45) is 7.05 Å². The first-order valence-electron chi connectivity index (χ1n) is 6.69. The SMILES string of the molecule is CCOc1ccccc1NCc1c(C)nn(C)c1OC. The first-order valence-corrected chi connectivity index (χ1v) is 6.69. The molecule has 0 fully saturated rings. The number of methoxy groups -OCH3 is 1. The largest absolute Gasteiger partial charge is 0.492 e. The van der Waals surface area contributed by atoms with Crippen molar-refractivity contribution in [2.75, 3.05) is 19.0 Å². The maximum atomic E-state index is 5.60. The predicted molar refractivity (Wildman–Crippen MR) is 79.4 cm³/mol. The van der Waals surface area contributed by atoms with E-state index in [-0.39, 0.29) is 0 Å². The Morgan fingerprint density at radius 1 is 1.30 bits per heavy atom. The lowest BCUT2D eigenvalue weighted by Gasteiger charge is -2.12.